The van der Waals surface area contributed by atoms with Crippen LogP contribution in [0.15, 0.2) is 30.6 Å². The molecule has 0 amide bonds. The number of aromatic nitrogens is 4. The minimum Gasteiger partial charge on any atom is -0.406 e. The van der Waals surface area contributed by atoms with E-state index in [0.29, 0.717) is 33.2 Å². The molecule has 1 aromatic carbocycles. The van der Waals surface area contributed by atoms with Crippen LogP contribution in [0.3, 0.4) is 0 Å². The van der Waals surface area contributed by atoms with Crippen LogP contribution in [-0.4, -0.2) is 66.5 Å². The lowest BCUT2D eigenvalue weighted by Crippen LogP contribution is -2.35. The Morgan fingerprint density at radius 2 is 1.86 bits per heavy atom. The summed E-state index contributed by atoms with van der Waals surface area (Å²) in [4.78, 5) is 18.0. The van der Waals surface area contributed by atoms with Crippen molar-refractivity contribution in [1.29, 1.82) is 0 Å². The standard InChI is InChI=1S/C26H25Cl2F3N6O4S/c1-10(19-14(27)6-13(7-15(19)28)41-26(29,30)31)33-25-34-11(2)20(24-36-17-8-32-4-3-18(17)42-24)23(37-25)35-16-5-12(9-38)21(39)22(16)40/h3-4,6-8,10,12,16,21-22,38-40H,5,9H2,1-2H3,(H2,33,34,35,37)/t10-,12+,16?,21+,22-/m0/s1. The lowest BCUT2D eigenvalue weighted by Gasteiger charge is -2.23. The maximum atomic E-state index is 12.7. The Bertz CT molecular complexity index is 1550. The molecule has 3 heterocycles. The molecule has 1 saturated carbocycles. The minimum atomic E-state index is -4.91. The molecule has 1 fully saturated rings. The number of halogens is 5. The van der Waals surface area contributed by atoms with Gasteiger partial charge in [-0.1, -0.05) is 23.2 Å². The second-order valence-corrected chi connectivity index (χ2v) is 11.7. The number of rotatable bonds is 8. The zero-order valence-electron chi connectivity index (χ0n) is 22.0. The summed E-state index contributed by atoms with van der Waals surface area (Å²) in [5, 5.41) is 37.4. The number of hydrogen-bond acceptors (Lipinski definition) is 11. The van der Waals surface area contributed by atoms with Gasteiger partial charge in [-0.2, -0.15) is 4.98 Å². The fourth-order valence-electron chi connectivity index (χ4n) is 4.94. The first kappa shape index (κ1) is 30.4. The zero-order chi connectivity index (χ0) is 30.3. The van der Waals surface area contributed by atoms with Crippen molar-refractivity contribution in [2.75, 3.05) is 17.2 Å². The van der Waals surface area contributed by atoms with Crippen LogP contribution < -0.4 is 15.4 Å². The fraction of sp³-hybridized carbons (Fsp3) is 0.385. The van der Waals surface area contributed by atoms with Crippen molar-refractivity contribution in [2.45, 2.75) is 50.9 Å². The third-order valence-corrected chi connectivity index (χ3v) is 8.60. The van der Waals surface area contributed by atoms with Crippen LogP contribution in [0.1, 0.15) is 30.6 Å². The predicted molar refractivity (Wildman–Crippen MR) is 153 cm³/mol. The molecule has 5 atom stereocenters. The van der Waals surface area contributed by atoms with E-state index in [9.17, 15) is 28.5 Å². The topological polar surface area (TPSA) is 146 Å². The van der Waals surface area contributed by atoms with E-state index in [-0.39, 0.29) is 29.0 Å². The van der Waals surface area contributed by atoms with E-state index in [1.54, 1.807) is 26.2 Å². The second kappa shape index (κ2) is 11.9. The molecule has 0 spiro atoms. The second-order valence-electron chi connectivity index (χ2n) is 9.84. The summed E-state index contributed by atoms with van der Waals surface area (Å²) in [6.07, 6.45) is -3.63. The van der Waals surface area contributed by atoms with E-state index in [1.807, 2.05) is 6.07 Å². The number of hydrogen-bond donors (Lipinski definition) is 5. The number of nitrogens with zero attached hydrogens (tertiary/aromatic N) is 4. The fourth-order valence-corrected chi connectivity index (χ4v) is 6.77. The van der Waals surface area contributed by atoms with Gasteiger partial charge in [-0.05, 0) is 38.5 Å². The number of ether oxygens (including phenoxy) is 1. The Labute approximate surface area is 251 Å². The molecule has 10 nitrogen and oxygen atoms in total. The van der Waals surface area contributed by atoms with Gasteiger partial charge in [-0.25, -0.2) is 9.97 Å². The third kappa shape index (κ3) is 6.33. The summed E-state index contributed by atoms with van der Waals surface area (Å²) < 4.78 is 42.9. The molecule has 16 heteroatoms. The summed E-state index contributed by atoms with van der Waals surface area (Å²) in [5.74, 6) is -0.641. The normalized spacial score (nSPS) is 21.5. The van der Waals surface area contributed by atoms with Crippen molar-refractivity contribution in [1.82, 2.24) is 19.9 Å². The average Bonchev–Trinajstić information content (AvgIpc) is 3.43. The summed E-state index contributed by atoms with van der Waals surface area (Å²) >= 11 is 14.0. The molecule has 42 heavy (non-hydrogen) atoms. The first-order valence-electron chi connectivity index (χ1n) is 12.7. The van der Waals surface area contributed by atoms with E-state index >= 15 is 0 Å². The van der Waals surface area contributed by atoms with E-state index < -0.39 is 42.3 Å². The number of thiazole rings is 1. The molecule has 5 rings (SSSR count). The van der Waals surface area contributed by atoms with Gasteiger partial charge in [0, 0.05) is 24.3 Å². The van der Waals surface area contributed by atoms with E-state index in [0.717, 1.165) is 16.8 Å². The molecular weight excluding hydrogens is 620 g/mol. The van der Waals surface area contributed by atoms with Gasteiger partial charge in [-0.3, -0.25) is 4.98 Å². The summed E-state index contributed by atoms with van der Waals surface area (Å²) in [7, 11) is 0. The Hall–Kier alpha value is -3.01. The van der Waals surface area contributed by atoms with Crippen LogP contribution in [0, 0.1) is 12.8 Å². The lowest BCUT2D eigenvalue weighted by molar-refractivity contribution is -0.274. The van der Waals surface area contributed by atoms with Gasteiger partial charge in [-0.15, -0.1) is 24.5 Å². The molecule has 0 bridgehead atoms. The quantitative estimate of drug-likeness (QED) is 0.170. The number of anilines is 2. The molecule has 1 aliphatic carbocycles. The molecule has 5 N–H and O–H groups in total. The maximum Gasteiger partial charge on any atom is 0.573 e. The van der Waals surface area contributed by atoms with Crippen LogP contribution >= 0.6 is 34.5 Å². The monoisotopic (exact) mass is 644 g/mol. The number of aryl methyl sites for hydroxylation is 1. The SMILES string of the molecule is Cc1nc(N[C@@H](C)c2c(Cl)cc(OC(F)(F)F)cc2Cl)nc(NC2C[C@H](CO)[C@@H](O)[C@H]2O)c1-c1nc2cnccc2s1. The average molecular weight is 645 g/mol. The molecule has 224 valence electrons. The highest BCUT2D eigenvalue weighted by atomic mass is 35.5. The van der Waals surface area contributed by atoms with Crippen LogP contribution in [0.5, 0.6) is 5.75 Å². The number of nitrogens with one attached hydrogen (secondary N) is 2. The number of alkyl halides is 3. The molecule has 0 saturated heterocycles. The van der Waals surface area contributed by atoms with Gasteiger partial charge in [0.25, 0.3) is 0 Å². The largest absolute Gasteiger partial charge is 0.573 e. The summed E-state index contributed by atoms with van der Waals surface area (Å²) in [5.41, 5.74) is 2.06. The summed E-state index contributed by atoms with van der Waals surface area (Å²) in [6, 6.07) is 2.57. The van der Waals surface area contributed by atoms with E-state index in [2.05, 4.69) is 35.3 Å². The Balaban J connectivity index is 1.51. The van der Waals surface area contributed by atoms with Gasteiger partial charge in [0.05, 0.1) is 50.4 Å². The molecule has 0 aliphatic heterocycles. The van der Waals surface area contributed by atoms with Crippen molar-refractivity contribution >= 4 is 56.5 Å². The van der Waals surface area contributed by atoms with Crippen LogP contribution in [0.25, 0.3) is 20.8 Å². The van der Waals surface area contributed by atoms with Gasteiger partial charge in [0.1, 0.15) is 28.2 Å². The van der Waals surface area contributed by atoms with E-state index in [1.165, 1.54) is 11.3 Å². The number of aliphatic hydroxyl groups is 3. The Kier molecular flexibility index (Phi) is 8.65. The highest BCUT2D eigenvalue weighted by Crippen LogP contribution is 2.40. The Morgan fingerprint density at radius 3 is 2.48 bits per heavy atom. The van der Waals surface area contributed by atoms with Crippen molar-refractivity contribution in [3.05, 3.63) is 51.9 Å². The van der Waals surface area contributed by atoms with Gasteiger partial charge in [0.2, 0.25) is 5.95 Å². The van der Waals surface area contributed by atoms with Crippen molar-refractivity contribution in [3.63, 3.8) is 0 Å². The third-order valence-electron chi connectivity index (χ3n) is 6.92. The summed E-state index contributed by atoms with van der Waals surface area (Å²) in [6.45, 7) is 3.14. The Morgan fingerprint density at radius 1 is 1.14 bits per heavy atom. The molecular formula is C26H25Cl2F3N6O4S. The number of benzene rings is 1. The van der Waals surface area contributed by atoms with Crippen molar-refractivity contribution < 1.29 is 33.2 Å². The van der Waals surface area contributed by atoms with Crippen LogP contribution in [0.2, 0.25) is 10.0 Å². The molecule has 3 aromatic heterocycles. The van der Waals surface area contributed by atoms with Gasteiger partial charge in [0.15, 0.2) is 0 Å². The van der Waals surface area contributed by atoms with Gasteiger partial charge >= 0.3 is 6.36 Å². The molecule has 4 aromatic rings. The predicted octanol–water partition coefficient (Wildman–Crippen LogP) is 5.35. The smallest absolute Gasteiger partial charge is 0.406 e. The van der Waals surface area contributed by atoms with E-state index in [4.69, 9.17) is 23.2 Å². The number of fused-ring (bicyclic) bond motifs is 1. The van der Waals surface area contributed by atoms with Crippen molar-refractivity contribution in [2.24, 2.45) is 5.92 Å². The number of aliphatic hydroxyl groups excluding tert-OH is 3. The van der Waals surface area contributed by atoms with Gasteiger partial charge < -0.3 is 30.7 Å². The van der Waals surface area contributed by atoms with Crippen molar-refractivity contribution in [3.8, 4) is 16.3 Å². The lowest BCUT2D eigenvalue weighted by atomic mass is 10.1. The minimum absolute atomic E-state index is 0.0605. The highest BCUT2D eigenvalue weighted by Gasteiger charge is 2.41. The molecule has 1 unspecified atom stereocenters. The zero-order valence-corrected chi connectivity index (χ0v) is 24.4. The highest BCUT2D eigenvalue weighted by molar-refractivity contribution is 7.21. The first-order valence-corrected chi connectivity index (χ1v) is 14.3. The number of pyridine rings is 1. The molecule has 0 radical (unpaired) electrons. The first-order chi connectivity index (χ1) is 19.8. The molecule has 1 aliphatic rings. The van der Waals surface area contributed by atoms with Crippen LogP contribution in [-0.2, 0) is 0 Å². The van der Waals surface area contributed by atoms with Crippen LogP contribution in [0.4, 0.5) is 24.9 Å². The maximum absolute atomic E-state index is 12.7.